The Kier molecular flexibility index (Phi) is 4.56. The minimum atomic E-state index is -0.918. The Morgan fingerprint density at radius 1 is 1.50 bits per heavy atom. The lowest BCUT2D eigenvalue weighted by Gasteiger charge is -2.51. The van der Waals surface area contributed by atoms with Crippen LogP contribution in [0.5, 0.6) is 0 Å². The van der Waals surface area contributed by atoms with E-state index in [2.05, 4.69) is 10.6 Å². The molecule has 0 heterocycles. The van der Waals surface area contributed by atoms with Gasteiger partial charge < -0.3 is 20.5 Å². The Bertz CT molecular complexity index is 330. The molecule has 0 aromatic carbocycles. The summed E-state index contributed by atoms with van der Waals surface area (Å²) in [5, 5.41) is 14.1. The lowest BCUT2D eigenvalue weighted by Crippen LogP contribution is -2.63. The molecule has 18 heavy (non-hydrogen) atoms. The molecule has 1 fully saturated rings. The van der Waals surface area contributed by atoms with Crippen LogP contribution in [0.2, 0.25) is 0 Å². The van der Waals surface area contributed by atoms with E-state index in [1.807, 2.05) is 13.8 Å². The summed E-state index contributed by atoms with van der Waals surface area (Å²) in [4.78, 5) is 22.2. The first-order chi connectivity index (χ1) is 8.28. The number of carbonyl (C=O) groups is 2. The van der Waals surface area contributed by atoms with Crippen LogP contribution in [0.15, 0.2) is 0 Å². The predicted octanol–water partition coefficient (Wildman–Crippen LogP) is 0.820. The van der Waals surface area contributed by atoms with E-state index in [1.165, 1.54) is 0 Å². The van der Waals surface area contributed by atoms with Crippen LogP contribution in [-0.2, 0) is 9.53 Å². The molecule has 3 atom stereocenters. The molecule has 1 aliphatic carbocycles. The highest BCUT2D eigenvalue weighted by Crippen LogP contribution is 2.42. The van der Waals surface area contributed by atoms with Crippen molar-refractivity contribution in [3.63, 3.8) is 0 Å². The van der Waals surface area contributed by atoms with Gasteiger partial charge in [-0.05, 0) is 6.42 Å². The number of nitrogens with one attached hydrogen (secondary N) is 2. The zero-order valence-corrected chi connectivity index (χ0v) is 11.3. The third-order valence-corrected chi connectivity index (χ3v) is 3.76. The maximum atomic E-state index is 11.6. The molecular formula is C12H22N2O4. The Morgan fingerprint density at radius 2 is 2.11 bits per heavy atom. The number of methoxy groups -OCH3 is 1. The molecule has 0 aromatic heterocycles. The summed E-state index contributed by atoms with van der Waals surface area (Å²) >= 11 is 0. The van der Waals surface area contributed by atoms with Gasteiger partial charge in [0.25, 0.3) is 0 Å². The number of rotatable bonds is 5. The third kappa shape index (κ3) is 3.13. The van der Waals surface area contributed by atoms with Gasteiger partial charge in [0.2, 0.25) is 0 Å². The van der Waals surface area contributed by atoms with E-state index in [-0.39, 0.29) is 30.1 Å². The lowest BCUT2D eigenvalue weighted by atomic mass is 9.64. The molecule has 3 unspecified atom stereocenters. The van der Waals surface area contributed by atoms with Crippen molar-refractivity contribution in [3.05, 3.63) is 0 Å². The van der Waals surface area contributed by atoms with Crippen LogP contribution in [0.25, 0.3) is 0 Å². The zero-order valence-electron chi connectivity index (χ0n) is 11.3. The highest BCUT2D eigenvalue weighted by Gasteiger charge is 2.49. The van der Waals surface area contributed by atoms with Gasteiger partial charge in [0.05, 0.1) is 12.0 Å². The van der Waals surface area contributed by atoms with Crippen molar-refractivity contribution in [1.29, 1.82) is 0 Å². The van der Waals surface area contributed by atoms with E-state index >= 15 is 0 Å². The van der Waals surface area contributed by atoms with Gasteiger partial charge in [-0.3, -0.25) is 4.79 Å². The predicted molar refractivity (Wildman–Crippen MR) is 66.3 cm³/mol. The number of carboxylic acids is 1. The summed E-state index contributed by atoms with van der Waals surface area (Å²) in [5.41, 5.74) is -0.0928. The SMILES string of the molecule is COC1CC(NC(=O)NCC(C)C(=O)O)C1(C)C. The molecule has 6 heteroatoms. The fourth-order valence-electron chi connectivity index (χ4n) is 2.07. The van der Waals surface area contributed by atoms with Crippen molar-refractivity contribution in [2.75, 3.05) is 13.7 Å². The summed E-state index contributed by atoms with van der Waals surface area (Å²) in [6, 6.07) is -0.265. The molecule has 3 N–H and O–H groups in total. The highest BCUT2D eigenvalue weighted by atomic mass is 16.5. The number of carbonyl (C=O) groups excluding carboxylic acids is 1. The first-order valence-corrected chi connectivity index (χ1v) is 6.09. The van der Waals surface area contributed by atoms with Gasteiger partial charge in [-0.2, -0.15) is 0 Å². The van der Waals surface area contributed by atoms with Crippen LogP contribution < -0.4 is 10.6 Å². The second-order valence-electron chi connectivity index (χ2n) is 5.43. The zero-order chi connectivity index (χ0) is 13.9. The first-order valence-electron chi connectivity index (χ1n) is 6.09. The van der Waals surface area contributed by atoms with Gasteiger partial charge in [-0.15, -0.1) is 0 Å². The number of urea groups is 1. The Hall–Kier alpha value is -1.30. The van der Waals surface area contributed by atoms with E-state index in [0.29, 0.717) is 0 Å². The topological polar surface area (TPSA) is 87.7 Å². The van der Waals surface area contributed by atoms with Crippen LogP contribution in [0.3, 0.4) is 0 Å². The normalized spacial score (nSPS) is 26.9. The van der Waals surface area contributed by atoms with Crippen molar-refractivity contribution < 1.29 is 19.4 Å². The molecule has 1 aliphatic rings. The molecule has 0 aliphatic heterocycles. The number of carboxylic acid groups (broad SMARTS) is 1. The molecular weight excluding hydrogens is 236 g/mol. The van der Waals surface area contributed by atoms with Crippen molar-refractivity contribution in [2.45, 2.75) is 39.3 Å². The maximum absolute atomic E-state index is 11.6. The standard InChI is InChI=1S/C12H22N2O4/c1-7(10(15)16)6-13-11(17)14-8-5-9(18-4)12(8,2)3/h7-9H,5-6H2,1-4H3,(H,15,16)(H2,13,14,17). The van der Waals surface area contributed by atoms with E-state index in [4.69, 9.17) is 9.84 Å². The number of aliphatic carboxylic acids is 1. The molecule has 1 saturated carbocycles. The molecule has 2 amide bonds. The van der Waals surface area contributed by atoms with Crippen LogP contribution in [0, 0.1) is 11.3 Å². The summed E-state index contributed by atoms with van der Waals surface area (Å²) in [6.07, 6.45) is 0.937. The molecule has 0 radical (unpaired) electrons. The first kappa shape index (κ1) is 14.8. The summed E-state index contributed by atoms with van der Waals surface area (Å²) < 4.78 is 5.29. The van der Waals surface area contributed by atoms with Gasteiger partial charge in [-0.25, -0.2) is 4.79 Å². The van der Waals surface area contributed by atoms with E-state index in [1.54, 1.807) is 14.0 Å². The lowest BCUT2D eigenvalue weighted by molar-refractivity contribution is -0.140. The molecule has 1 rings (SSSR count). The van der Waals surface area contributed by atoms with E-state index < -0.39 is 11.9 Å². The molecule has 0 bridgehead atoms. The minimum Gasteiger partial charge on any atom is -0.481 e. The summed E-state index contributed by atoms with van der Waals surface area (Å²) in [6.45, 7) is 5.75. The molecule has 0 spiro atoms. The largest absolute Gasteiger partial charge is 0.481 e. The fraction of sp³-hybridized carbons (Fsp3) is 0.833. The van der Waals surface area contributed by atoms with Crippen LogP contribution in [0.4, 0.5) is 4.79 Å². The quantitative estimate of drug-likeness (QED) is 0.681. The van der Waals surface area contributed by atoms with Gasteiger partial charge in [0.15, 0.2) is 0 Å². The average molecular weight is 258 g/mol. The minimum absolute atomic E-state index is 0.0579. The maximum Gasteiger partial charge on any atom is 0.315 e. The molecule has 0 saturated heterocycles. The van der Waals surface area contributed by atoms with Crippen molar-refractivity contribution in [1.82, 2.24) is 10.6 Å². The van der Waals surface area contributed by atoms with Gasteiger partial charge >= 0.3 is 12.0 Å². The fourth-order valence-corrected chi connectivity index (χ4v) is 2.07. The number of hydrogen-bond acceptors (Lipinski definition) is 3. The second kappa shape index (κ2) is 5.56. The van der Waals surface area contributed by atoms with Crippen LogP contribution >= 0.6 is 0 Å². The monoisotopic (exact) mass is 258 g/mol. The Morgan fingerprint density at radius 3 is 2.56 bits per heavy atom. The summed E-state index contributed by atoms with van der Waals surface area (Å²) in [7, 11) is 1.66. The smallest absolute Gasteiger partial charge is 0.315 e. The van der Waals surface area contributed by atoms with Crippen molar-refractivity contribution >= 4 is 12.0 Å². The molecule has 104 valence electrons. The number of ether oxygens (including phenoxy) is 1. The molecule has 6 nitrogen and oxygen atoms in total. The van der Waals surface area contributed by atoms with E-state index in [0.717, 1.165) is 6.42 Å². The molecule has 0 aromatic rings. The number of amides is 2. The van der Waals surface area contributed by atoms with Crippen LogP contribution in [-0.4, -0.2) is 42.9 Å². The van der Waals surface area contributed by atoms with E-state index in [9.17, 15) is 9.59 Å². The number of hydrogen-bond donors (Lipinski definition) is 3. The Balaban J connectivity index is 2.32. The summed E-state index contributed by atoms with van der Waals surface area (Å²) in [5.74, 6) is -1.50. The highest BCUT2D eigenvalue weighted by molar-refractivity contribution is 5.76. The van der Waals surface area contributed by atoms with Crippen LogP contribution in [0.1, 0.15) is 27.2 Å². The van der Waals surface area contributed by atoms with Gasteiger partial charge in [0.1, 0.15) is 0 Å². The van der Waals surface area contributed by atoms with Crippen molar-refractivity contribution in [2.24, 2.45) is 11.3 Å². The van der Waals surface area contributed by atoms with Crippen molar-refractivity contribution in [3.8, 4) is 0 Å². The van der Waals surface area contributed by atoms with Gasteiger partial charge in [-0.1, -0.05) is 20.8 Å². The third-order valence-electron chi connectivity index (χ3n) is 3.76. The second-order valence-corrected chi connectivity index (χ2v) is 5.43. The van der Waals surface area contributed by atoms with Gasteiger partial charge in [0, 0.05) is 25.1 Å². The Labute approximate surface area is 107 Å². The average Bonchev–Trinajstić information content (AvgIpc) is 2.30.